The molecule has 0 amide bonds. The fraction of sp³-hybridized carbons (Fsp3) is 0.467. The van der Waals surface area contributed by atoms with Gasteiger partial charge in [0.2, 0.25) is 11.7 Å². The highest BCUT2D eigenvalue weighted by Gasteiger charge is 2.15. The number of benzene rings is 1. The molecule has 0 spiro atoms. The lowest BCUT2D eigenvalue weighted by molar-refractivity contribution is 0.327. The van der Waals surface area contributed by atoms with Crippen LogP contribution in [0.5, 0.6) is 11.5 Å². The van der Waals surface area contributed by atoms with Gasteiger partial charge in [-0.25, -0.2) is 0 Å². The highest BCUT2D eigenvalue weighted by molar-refractivity contribution is 5.59. The molecule has 0 bridgehead atoms. The molecule has 0 aliphatic carbocycles. The molecule has 1 saturated heterocycles. The molecule has 112 valence electrons. The fourth-order valence-electron chi connectivity index (χ4n) is 2.63. The van der Waals surface area contributed by atoms with Crippen molar-refractivity contribution in [2.24, 2.45) is 5.92 Å². The van der Waals surface area contributed by atoms with E-state index in [0.29, 0.717) is 23.2 Å². The number of aromatic hydroxyl groups is 2. The van der Waals surface area contributed by atoms with Crippen molar-refractivity contribution in [1.29, 1.82) is 0 Å². The summed E-state index contributed by atoms with van der Waals surface area (Å²) in [5.41, 5.74) is 0.625. The molecule has 1 aliphatic heterocycles. The van der Waals surface area contributed by atoms with Crippen molar-refractivity contribution in [3.8, 4) is 22.9 Å². The van der Waals surface area contributed by atoms with Gasteiger partial charge in [-0.3, -0.25) is 0 Å². The lowest BCUT2D eigenvalue weighted by Crippen LogP contribution is -2.29. The van der Waals surface area contributed by atoms with Gasteiger partial charge in [0, 0.05) is 12.0 Å². The molecule has 1 aromatic heterocycles. The number of aromatic nitrogens is 2. The third kappa shape index (κ3) is 3.33. The Balaban J connectivity index is 1.63. The Morgan fingerprint density at radius 3 is 2.95 bits per heavy atom. The van der Waals surface area contributed by atoms with E-state index < -0.39 is 0 Å². The summed E-state index contributed by atoms with van der Waals surface area (Å²) in [7, 11) is 0. The summed E-state index contributed by atoms with van der Waals surface area (Å²) in [5.74, 6) is 1.37. The zero-order valence-electron chi connectivity index (χ0n) is 11.7. The summed E-state index contributed by atoms with van der Waals surface area (Å²) in [6, 6.07) is 4.48. The van der Waals surface area contributed by atoms with Crippen LogP contribution in [0.2, 0.25) is 0 Å². The van der Waals surface area contributed by atoms with Gasteiger partial charge in [0.15, 0.2) is 11.5 Å². The zero-order chi connectivity index (χ0) is 14.7. The number of nitrogens with zero attached hydrogens (tertiary/aromatic N) is 2. The van der Waals surface area contributed by atoms with Crippen molar-refractivity contribution in [2.75, 3.05) is 13.1 Å². The van der Waals surface area contributed by atoms with Crippen LogP contribution in [0.1, 0.15) is 25.2 Å². The molecule has 21 heavy (non-hydrogen) atoms. The summed E-state index contributed by atoms with van der Waals surface area (Å²) in [5, 5.41) is 26.1. The van der Waals surface area contributed by atoms with Gasteiger partial charge in [-0.2, -0.15) is 4.98 Å². The van der Waals surface area contributed by atoms with E-state index in [-0.39, 0.29) is 11.5 Å². The third-order valence-corrected chi connectivity index (χ3v) is 3.87. The molecule has 1 aliphatic rings. The van der Waals surface area contributed by atoms with Gasteiger partial charge in [-0.15, -0.1) is 0 Å². The number of rotatable bonds is 4. The van der Waals surface area contributed by atoms with E-state index in [1.807, 2.05) is 0 Å². The first-order chi connectivity index (χ1) is 10.2. The standard InChI is InChI=1S/C15H19N3O3/c19-12-5-4-11(8-13(12)20)15-17-14(21-18-15)6-3-10-2-1-7-16-9-10/h4-5,8,10,16,19-20H,1-3,6-7,9H2. The van der Waals surface area contributed by atoms with E-state index >= 15 is 0 Å². The van der Waals surface area contributed by atoms with E-state index in [1.165, 1.54) is 25.0 Å². The molecule has 0 saturated carbocycles. The predicted molar refractivity (Wildman–Crippen MR) is 77.0 cm³/mol. The minimum Gasteiger partial charge on any atom is -0.504 e. The molecule has 1 aromatic carbocycles. The largest absolute Gasteiger partial charge is 0.504 e. The normalized spacial score (nSPS) is 18.8. The number of phenols is 2. The van der Waals surface area contributed by atoms with Crippen LogP contribution >= 0.6 is 0 Å². The van der Waals surface area contributed by atoms with Crippen LogP contribution in [0.4, 0.5) is 0 Å². The Labute approximate surface area is 122 Å². The maximum Gasteiger partial charge on any atom is 0.226 e. The fourth-order valence-corrected chi connectivity index (χ4v) is 2.63. The quantitative estimate of drug-likeness (QED) is 0.746. The van der Waals surface area contributed by atoms with Crippen LogP contribution in [0.15, 0.2) is 22.7 Å². The lowest BCUT2D eigenvalue weighted by Gasteiger charge is -2.21. The predicted octanol–water partition coefficient (Wildman–Crippen LogP) is 2.08. The first kappa shape index (κ1) is 13.9. The SMILES string of the molecule is Oc1ccc(-c2noc(CCC3CCCNC3)n2)cc1O. The van der Waals surface area contributed by atoms with Gasteiger partial charge < -0.3 is 20.1 Å². The second-order valence-electron chi connectivity index (χ2n) is 5.47. The number of piperidine rings is 1. The van der Waals surface area contributed by atoms with Crippen molar-refractivity contribution in [3.63, 3.8) is 0 Å². The molecule has 2 aromatic rings. The molecule has 6 nitrogen and oxygen atoms in total. The molecule has 3 rings (SSSR count). The van der Waals surface area contributed by atoms with Gasteiger partial charge in [0.25, 0.3) is 0 Å². The first-order valence-corrected chi connectivity index (χ1v) is 7.28. The van der Waals surface area contributed by atoms with Crippen LogP contribution in [0.25, 0.3) is 11.4 Å². The molecule has 0 radical (unpaired) electrons. The average molecular weight is 289 g/mol. The summed E-state index contributed by atoms with van der Waals surface area (Å²) < 4.78 is 5.25. The molecule has 1 fully saturated rings. The van der Waals surface area contributed by atoms with Gasteiger partial charge in [0.05, 0.1) is 0 Å². The topological polar surface area (TPSA) is 91.4 Å². The monoisotopic (exact) mass is 289 g/mol. The highest BCUT2D eigenvalue weighted by atomic mass is 16.5. The Morgan fingerprint density at radius 2 is 2.19 bits per heavy atom. The van der Waals surface area contributed by atoms with Gasteiger partial charge >= 0.3 is 0 Å². The number of phenolic OH excluding ortho intramolecular Hbond substituents is 2. The van der Waals surface area contributed by atoms with Gasteiger partial charge in [-0.1, -0.05) is 5.16 Å². The number of hydrogen-bond acceptors (Lipinski definition) is 6. The first-order valence-electron chi connectivity index (χ1n) is 7.28. The molecular weight excluding hydrogens is 270 g/mol. The zero-order valence-corrected chi connectivity index (χ0v) is 11.7. The maximum absolute atomic E-state index is 9.50. The second-order valence-corrected chi connectivity index (χ2v) is 5.47. The molecule has 1 unspecified atom stereocenters. The number of aryl methyl sites for hydroxylation is 1. The Hall–Kier alpha value is -2.08. The van der Waals surface area contributed by atoms with Crippen molar-refractivity contribution in [3.05, 3.63) is 24.1 Å². The molecular formula is C15H19N3O3. The molecule has 3 N–H and O–H groups in total. The van der Waals surface area contributed by atoms with Crippen molar-refractivity contribution < 1.29 is 14.7 Å². The summed E-state index contributed by atoms with van der Waals surface area (Å²) >= 11 is 0. The van der Waals surface area contributed by atoms with E-state index in [4.69, 9.17) is 4.52 Å². The minimum atomic E-state index is -0.188. The van der Waals surface area contributed by atoms with E-state index in [0.717, 1.165) is 25.9 Å². The highest BCUT2D eigenvalue weighted by Crippen LogP contribution is 2.29. The number of nitrogens with one attached hydrogen (secondary N) is 1. The molecule has 6 heteroatoms. The Kier molecular flexibility index (Phi) is 4.06. The van der Waals surface area contributed by atoms with Crippen LogP contribution < -0.4 is 5.32 Å². The molecule has 1 atom stereocenters. The van der Waals surface area contributed by atoms with E-state index in [2.05, 4.69) is 15.5 Å². The summed E-state index contributed by atoms with van der Waals surface area (Å²) in [6.45, 7) is 2.18. The van der Waals surface area contributed by atoms with Crippen LogP contribution in [-0.2, 0) is 6.42 Å². The second kappa shape index (κ2) is 6.13. The molecule has 2 heterocycles. The lowest BCUT2D eigenvalue weighted by atomic mass is 9.95. The van der Waals surface area contributed by atoms with E-state index in [9.17, 15) is 10.2 Å². The van der Waals surface area contributed by atoms with Crippen LogP contribution in [0, 0.1) is 5.92 Å². The smallest absolute Gasteiger partial charge is 0.226 e. The van der Waals surface area contributed by atoms with Crippen molar-refractivity contribution in [1.82, 2.24) is 15.5 Å². The number of hydrogen-bond donors (Lipinski definition) is 3. The maximum atomic E-state index is 9.50. The Bertz CT molecular complexity index is 606. The van der Waals surface area contributed by atoms with Crippen molar-refractivity contribution >= 4 is 0 Å². The minimum absolute atomic E-state index is 0.160. The van der Waals surface area contributed by atoms with Crippen molar-refractivity contribution in [2.45, 2.75) is 25.7 Å². The summed E-state index contributed by atoms with van der Waals surface area (Å²) in [4.78, 5) is 4.34. The summed E-state index contributed by atoms with van der Waals surface area (Å²) in [6.07, 6.45) is 4.28. The Morgan fingerprint density at radius 1 is 1.29 bits per heavy atom. The van der Waals surface area contributed by atoms with Crippen LogP contribution in [0.3, 0.4) is 0 Å². The van der Waals surface area contributed by atoms with Crippen LogP contribution in [-0.4, -0.2) is 33.4 Å². The third-order valence-electron chi connectivity index (χ3n) is 3.87. The van der Waals surface area contributed by atoms with E-state index in [1.54, 1.807) is 6.07 Å². The van der Waals surface area contributed by atoms with Gasteiger partial charge in [-0.05, 0) is 56.5 Å². The van der Waals surface area contributed by atoms with Gasteiger partial charge in [0.1, 0.15) is 0 Å². The average Bonchev–Trinajstić information content (AvgIpc) is 2.98.